The van der Waals surface area contributed by atoms with Crippen LogP contribution in [0.2, 0.25) is 0 Å². The molecule has 0 fully saturated rings. The average molecular weight is 337 g/mol. The van der Waals surface area contributed by atoms with Gasteiger partial charge in [-0.3, -0.25) is 0 Å². The molecule has 2 aromatic rings. The summed E-state index contributed by atoms with van der Waals surface area (Å²) in [6, 6.07) is 1.90. The van der Waals surface area contributed by atoms with Gasteiger partial charge < -0.3 is 5.32 Å². The fourth-order valence-corrected chi connectivity index (χ4v) is 2.16. The minimum atomic E-state index is -2.85. The van der Waals surface area contributed by atoms with E-state index in [-0.39, 0.29) is 15.5 Å². The van der Waals surface area contributed by atoms with E-state index in [1.807, 2.05) is 0 Å². The quantitative estimate of drug-likeness (QED) is 0.652. The second-order valence-electron chi connectivity index (χ2n) is 3.80. The van der Waals surface area contributed by atoms with Crippen molar-refractivity contribution in [1.29, 1.82) is 0 Å². The van der Waals surface area contributed by atoms with Crippen molar-refractivity contribution in [1.82, 2.24) is 4.98 Å². The third-order valence-electron chi connectivity index (χ3n) is 2.54. The lowest BCUT2D eigenvalue weighted by atomic mass is 10.1. The summed E-state index contributed by atoms with van der Waals surface area (Å²) in [7, 11) is 0. The highest BCUT2D eigenvalue weighted by molar-refractivity contribution is 9.10. The van der Waals surface area contributed by atoms with E-state index in [1.165, 1.54) is 0 Å². The van der Waals surface area contributed by atoms with Crippen LogP contribution in [0.15, 0.2) is 16.6 Å². The Hall–Kier alpha value is -1.37. The van der Waals surface area contributed by atoms with Crippen molar-refractivity contribution >= 4 is 32.5 Å². The van der Waals surface area contributed by atoms with Crippen LogP contribution in [-0.4, -0.2) is 11.5 Å². The molecule has 0 aliphatic carbocycles. The molecule has 0 radical (unpaired) electrons. The number of halogens is 5. The van der Waals surface area contributed by atoms with Gasteiger partial charge in [0.05, 0.1) is 9.86 Å². The highest BCUT2D eigenvalue weighted by Crippen LogP contribution is 2.34. The van der Waals surface area contributed by atoms with E-state index in [9.17, 15) is 17.6 Å². The van der Waals surface area contributed by atoms with Crippen molar-refractivity contribution in [3.8, 4) is 0 Å². The monoisotopic (exact) mass is 336 g/mol. The van der Waals surface area contributed by atoms with Gasteiger partial charge in [-0.1, -0.05) is 0 Å². The van der Waals surface area contributed by atoms with E-state index in [0.29, 0.717) is 6.54 Å². The molecular formula is C12H9BrF4N2. The van der Waals surface area contributed by atoms with Crippen LogP contribution in [0.5, 0.6) is 0 Å². The number of anilines is 1. The zero-order valence-corrected chi connectivity index (χ0v) is 11.4. The van der Waals surface area contributed by atoms with Crippen molar-refractivity contribution in [2.45, 2.75) is 13.3 Å². The topological polar surface area (TPSA) is 24.9 Å². The largest absolute Gasteiger partial charge is 0.385 e. The Morgan fingerprint density at radius 3 is 2.58 bits per heavy atom. The van der Waals surface area contributed by atoms with Crippen molar-refractivity contribution in [2.24, 2.45) is 0 Å². The molecule has 0 bridgehead atoms. The van der Waals surface area contributed by atoms with Gasteiger partial charge in [0.25, 0.3) is 6.43 Å². The minimum Gasteiger partial charge on any atom is -0.385 e. The molecule has 0 aliphatic heterocycles. The summed E-state index contributed by atoms with van der Waals surface area (Å²) < 4.78 is 53.1. The molecule has 2 rings (SSSR count). The number of hydrogen-bond donors (Lipinski definition) is 1. The van der Waals surface area contributed by atoms with Crippen molar-refractivity contribution in [3.05, 3.63) is 33.9 Å². The molecule has 1 aromatic carbocycles. The third-order valence-corrected chi connectivity index (χ3v) is 3.12. The molecular weight excluding hydrogens is 328 g/mol. The van der Waals surface area contributed by atoms with Crippen LogP contribution in [-0.2, 0) is 0 Å². The van der Waals surface area contributed by atoms with E-state index in [4.69, 9.17) is 0 Å². The van der Waals surface area contributed by atoms with E-state index in [1.54, 1.807) is 6.92 Å². The Labute approximate surface area is 115 Å². The molecule has 0 aliphatic rings. The van der Waals surface area contributed by atoms with E-state index >= 15 is 0 Å². The number of nitrogens with one attached hydrogen (secondary N) is 1. The maximum Gasteiger partial charge on any atom is 0.280 e. The predicted octanol–water partition coefficient (Wildman–Crippen LogP) is 4.64. The lowest BCUT2D eigenvalue weighted by Crippen LogP contribution is -2.04. The highest BCUT2D eigenvalue weighted by Gasteiger charge is 2.19. The van der Waals surface area contributed by atoms with Gasteiger partial charge in [0.15, 0.2) is 5.82 Å². The summed E-state index contributed by atoms with van der Waals surface area (Å²) in [6.07, 6.45) is -2.85. The molecule has 1 aromatic heterocycles. The number of hydrogen-bond acceptors (Lipinski definition) is 2. The first kappa shape index (κ1) is 14.0. The molecule has 102 valence electrons. The average Bonchev–Trinajstić information content (AvgIpc) is 2.35. The van der Waals surface area contributed by atoms with Crippen molar-refractivity contribution in [2.75, 3.05) is 11.9 Å². The standard InChI is InChI=1S/C12H9BrF4N2/c1-2-18-7-4-8(12(16)17)19-11-6(14)3-5(13)10(15)9(7)11/h3-4,12H,2H2,1H3,(H,18,19). The fraction of sp³-hybridized carbons (Fsp3) is 0.250. The second kappa shape index (κ2) is 5.32. The first-order valence-electron chi connectivity index (χ1n) is 5.45. The molecule has 0 atom stereocenters. The number of fused-ring (bicyclic) bond motifs is 1. The normalized spacial score (nSPS) is 11.3. The van der Waals surface area contributed by atoms with Gasteiger partial charge in [-0.05, 0) is 35.0 Å². The molecule has 0 saturated heterocycles. The van der Waals surface area contributed by atoms with Crippen LogP contribution in [0.4, 0.5) is 23.2 Å². The number of rotatable bonds is 3. The Morgan fingerprint density at radius 2 is 2.00 bits per heavy atom. The van der Waals surface area contributed by atoms with Crippen LogP contribution < -0.4 is 5.32 Å². The lowest BCUT2D eigenvalue weighted by Gasteiger charge is -2.12. The SMILES string of the molecule is CCNc1cc(C(F)F)nc2c(F)cc(Br)c(F)c12. The Bertz CT molecular complexity index is 631. The Morgan fingerprint density at radius 1 is 1.32 bits per heavy atom. The number of aromatic nitrogens is 1. The smallest absolute Gasteiger partial charge is 0.280 e. The maximum absolute atomic E-state index is 14.0. The number of benzene rings is 1. The second-order valence-corrected chi connectivity index (χ2v) is 4.66. The van der Waals surface area contributed by atoms with Gasteiger partial charge in [0.2, 0.25) is 0 Å². The zero-order chi connectivity index (χ0) is 14.2. The predicted molar refractivity (Wildman–Crippen MR) is 68.5 cm³/mol. The lowest BCUT2D eigenvalue weighted by molar-refractivity contribution is 0.146. The summed E-state index contributed by atoms with van der Waals surface area (Å²) in [5.41, 5.74) is -0.904. The van der Waals surface area contributed by atoms with E-state index in [0.717, 1.165) is 12.1 Å². The van der Waals surface area contributed by atoms with E-state index < -0.39 is 29.3 Å². The van der Waals surface area contributed by atoms with Gasteiger partial charge >= 0.3 is 0 Å². The summed E-state index contributed by atoms with van der Waals surface area (Å²) in [6.45, 7) is 2.11. The summed E-state index contributed by atoms with van der Waals surface area (Å²) >= 11 is 2.88. The molecule has 2 nitrogen and oxygen atoms in total. The molecule has 1 N–H and O–H groups in total. The van der Waals surface area contributed by atoms with Crippen LogP contribution in [0, 0.1) is 11.6 Å². The fourth-order valence-electron chi connectivity index (χ4n) is 1.76. The van der Waals surface area contributed by atoms with Gasteiger partial charge in [0.1, 0.15) is 17.0 Å². The molecule has 0 spiro atoms. The minimum absolute atomic E-state index is 0.0803. The molecule has 0 amide bonds. The van der Waals surface area contributed by atoms with Crippen molar-refractivity contribution < 1.29 is 17.6 Å². The Balaban J connectivity index is 2.86. The maximum atomic E-state index is 14.0. The molecule has 19 heavy (non-hydrogen) atoms. The summed E-state index contributed by atoms with van der Waals surface area (Å²) in [4.78, 5) is 3.49. The van der Waals surface area contributed by atoms with Crippen LogP contribution >= 0.6 is 15.9 Å². The van der Waals surface area contributed by atoms with Crippen LogP contribution in [0.1, 0.15) is 19.0 Å². The third kappa shape index (κ3) is 2.51. The van der Waals surface area contributed by atoms with Crippen LogP contribution in [0.3, 0.4) is 0 Å². The molecule has 0 saturated carbocycles. The van der Waals surface area contributed by atoms with Gasteiger partial charge in [-0.15, -0.1) is 0 Å². The van der Waals surface area contributed by atoms with Crippen LogP contribution in [0.25, 0.3) is 10.9 Å². The first-order valence-corrected chi connectivity index (χ1v) is 6.25. The van der Waals surface area contributed by atoms with Gasteiger partial charge in [-0.2, -0.15) is 0 Å². The van der Waals surface area contributed by atoms with Crippen molar-refractivity contribution in [3.63, 3.8) is 0 Å². The Kier molecular flexibility index (Phi) is 3.93. The van der Waals surface area contributed by atoms with Gasteiger partial charge in [0, 0.05) is 12.2 Å². The highest BCUT2D eigenvalue weighted by atomic mass is 79.9. The molecule has 0 unspecified atom stereocenters. The van der Waals surface area contributed by atoms with Gasteiger partial charge in [-0.25, -0.2) is 22.5 Å². The first-order chi connectivity index (χ1) is 8.95. The number of pyridine rings is 1. The number of alkyl halides is 2. The summed E-state index contributed by atoms with van der Waals surface area (Å²) in [5, 5.41) is 2.60. The zero-order valence-electron chi connectivity index (χ0n) is 9.78. The molecule has 1 heterocycles. The number of nitrogens with zero attached hydrogens (tertiary/aromatic N) is 1. The summed E-state index contributed by atoms with van der Waals surface area (Å²) in [5.74, 6) is -1.59. The molecule has 7 heteroatoms. The van der Waals surface area contributed by atoms with E-state index in [2.05, 4.69) is 26.2 Å².